The van der Waals surface area contributed by atoms with E-state index >= 15 is 0 Å². The van der Waals surface area contributed by atoms with Crippen molar-refractivity contribution in [3.8, 4) is 0 Å². The van der Waals surface area contributed by atoms with Crippen LogP contribution in [0.2, 0.25) is 0 Å². The summed E-state index contributed by atoms with van der Waals surface area (Å²) in [7, 11) is 0. The van der Waals surface area contributed by atoms with Crippen LogP contribution in [0.15, 0.2) is 48.5 Å². The molecule has 7 heteroatoms. The second-order valence-electron chi connectivity index (χ2n) is 8.66. The Balaban J connectivity index is 1.22. The van der Waals surface area contributed by atoms with E-state index in [1.807, 2.05) is 29.2 Å². The molecule has 2 aromatic carbocycles. The molecule has 1 aliphatic heterocycles. The van der Waals surface area contributed by atoms with Gasteiger partial charge in [0.25, 0.3) is 0 Å². The molecular formula is C25H31FN4O2. The van der Waals surface area contributed by atoms with Gasteiger partial charge in [0.1, 0.15) is 5.82 Å². The Bertz CT molecular complexity index is 920. The number of benzene rings is 2. The molecule has 1 heterocycles. The summed E-state index contributed by atoms with van der Waals surface area (Å²) in [6, 6.07) is 13.1. The van der Waals surface area contributed by atoms with E-state index in [0.717, 1.165) is 44.2 Å². The lowest BCUT2D eigenvalue weighted by Crippen LogP contribution is -2.48. The molecule has 4 rings (SSSR count). The van der Waals surface area contributed by atoms with E-state index in [0.29, 0.717) is 12.1 Å². The number of nitrogens with zero attached hydrogens (tertiary/aromatic N) is 2. The molecule has 3 amide bonds. The summed E-state index contributed by atoms with van der Waals surface area (Å²) in [5.41, 5.74) is 1.82. The van der Waals surface area contributed by atoms with Crippen LogP contribution in [0.25, 0.3) is 0 Å². The van der Waals surface area contributed by atoms with E-state index in [1.54, 1.807) is 12.1 Å². The number of piperazine rings is 1. The van der Waals surface area contributed by atoms with Crippen LogP contribution in [0.4, 0.5) is 26.2 Å². The zero-order valence-electron chi connectivity index (χ0n) is 18.4. The Labute approximate surface area is 188 Å². The topological polar surface area (TPSA) is 64.7 Å². The molecule has 0 atom stereocenters. The molecule has 2 aromatic rings. The molecule has 1 saturated carbocycles. The van der Waals surface area contributed by atoms with Crippen LogP contribution in [0.1, 0.15) is 38.5 Å². The number of amides is 3. The Morgan fingerprint density at radius 2 is 1.59 bits per heavy atom. The van der Waals surface area contributed by atoms with Crippen LogP contribution in [-0.2, 0) is 4.79 Å². The van der Waals surface area contributed by atoms with Gasteiger partial charge in [0.2, 0.25) is 5.91 Å². The molecule has 0 radical (unpaired) electrons. The van der Waals surface area contributed by atoms with Crippen LogP contribution >= 0.6 is 0 Å². The van der Waals surface area contributed by atoms with Gasteiger partial charge in [-0.05, 0) is 48.7 Å². The molecule has 0 bridgehead atoms. The second-order valence-corrected chi connectivity index (χ2v) is 8.66. The Kier molecular flexibility index (Phi) is 7.24. The lowest BCUT2D eigenvalue weighted by atomic mass is 10.0. The van der Waals surface area contributed by atoms with Gasteiger partial charge in [0.05, 0.1) is 5.69 Å². The first-order chi connectivity index (χ1) is 15.6. The summed E-state index contributed by atoms with van der Waals surface area (Å²) < 4.78 is 13.7. The summed E-state index contributed by atoms with van der Waals surface area (Å²) in [4.78, 5) is 28.9. The van der Waals surface area contributed by atoms with E-state index in [-0.39, 0.29) is 11.6 Å². The van der Waals surface area contributed by atoms with Gasteiger partial charge >= 0.3 is 6.03 Å². The molecule has 1 aliphatic carbocycles. The van der Waals surface area contributed by atoms with Gasteiger partial charge in [-0.25, -0.2) is 9.18 Å². The SMILES string of the molecule is O=C(Nc1ccc(N2CCN(C(=O)CCC3CCCC3)CC2)cc1)Nc1ccccc1F. The number of anilines is 3. The number of nitrogens with one attached hydrogen (secondary N) is 2. The number of para-hydroxylation sites is 1. The number of carbonyl (C=O) groups excluding carboxylic acids is 2. The molecule has 1 saturated heterocycles. The molecule has 0 spiro atoms. The number of hydrogen-bond donors (Lipinski definition) is 2. The lowest BCUT2D eigenvalue weighted by Gasteiger charge is -2.36. The van der Waals surface area contributed by atoms with Crippen molar-refractivity contribution in [3.63, 3.8) is 0 Å². The quantitative estimate of drug-likeness (QED) is 0.660. The monoisotopic (exact) mass is 438 g/mol. The third-order valence-corrected chi connectivity index (χ3v) is 6.49. The first-order valence-electron chi connectivity index (χ1n) is 11.5. The molecule has 2 aliphatic rings. The first kappa shape index (κ1) is 22.1. The van der Waals surface area contributed by atoms with Crippen molar-refractivity contribution in [2.24, 2.45) is 5.92 Å². The smallest absolute Gasteiger partial charge is 0.323 e. The average molecular weight is 439 g/mol. The molecule has 0 aromatic heterocycles. The minimum absolute atomic E-state index is 0.136. The van der Waals surface area contributed by atoms with Crippen molar-refractivity contribution in [1.29, 1.82) is 0 Å². The van der Waals surface area contributed by atoms with Crippen molar-refractivity contribution in [1.82, 2.24) is 4.90 Å². The zero-order valence-corrected chi connectivity index (χ0v) is 18.4. The molecule has 32 heavy (non-hydrogen) atoms. The minimum Gasteiger partial charge on any atom is -0.368 e. The maximum Gasteiger partial charge on any atom is 0.323 e. The fourth-order valence-electron chi connectivity index (χ4n) is 4.60. The molecule has 170 valence electrons. The summed E-state index contributed by atoms with van der Waals surface area (Å²) >= 11 is 0. The van der Waals surface area contributed by atoms with Crippen LogP contribution in [0.5, 0.6) is 0 Å². The molecule has 0 unspecified atom stereocenters. The molecule has 6 nitrogen and oxygen atoms in total. The van der Waals surface area contributed by atoms with Gasteiger partial charge in [-0.2, -0.15) is 0 Å². The maximum absolute atomic E-state index is 13.7. The van der Waals surface area contributed by atoms with E-state index in [9.17, 15) is 14.0 Å². The second kappa shape index (κ2) is 10.5. The highest BCUT2D eigenvalue weighted by molar-refractivity contribution is 5.99. The van der Waals surface area contributed by atoms with Crippen molar-refractivity contribution < 1.29 is 14.0 Å². The molecule has 2 fully saturated rings. The molecular weight excluding hydrogens is 407 g/mol. The van der Waals surface area contributed by atoms with Crippen LogP contribution < -0.4 is 15.5 Å². The number of hydrogen-bond acceptors (Lipinski definition) is 3. The summed E-state index contributed by atoms with van der Waals surface area (Å²) in [6.45, 7) is 3.09. The van der Waals surface area contributed by atoms with Crippen molar-refractivity contribution in [3.05, 3.63) is 54.3 Å². The van der Waals surface area contributed by atoms with E-state index in [1.165, 1.54) is 37.8 Å². The fourth-order valence-corrected chi connectivity index (χ4v) is 4.60. The van der Waals surface area contributed by atoms with E-state index in [2.05, 4.69) is 15.5 Å². The van der Waals surface area contributed by atoms with Crippen molar-refractivity contribution in [2.75, 3.05) is 41.7 Å². The highest BCUT2D eigenvalue weighted by atomic mass is 19.1. The van der Waals surface area contributed by atoms with Gasteiger partial charge in [0, 0.05) is 44.0 Å². The summed E-state index contributed by atoms with van der Waals surface area (Å²) in [6.07, 6.45) is 6.94. The van der Waals surface area contributed by atoms with E-state index in [4.69, 9.17) is 0 Å². The predicted octanol–water partition coefficient (Wildman–Crippen LogP) is 5.09. The number of carbonyl (C=O) groups is 2. The van der Waals surface area contributed by atoms with Crippen LogP contribution in [-0.4, -0.2) is 43.0 Å². The average Bonchev–Trinajstić information content (AvgIpc) is 3.33. The highest BCUT2D eigenvalue weighted by Crippen LogP contribution is 2.29. The first-order valence-corrected chi connectivity index (χ1v) is 11.5. The van der Waals surface area contributed by atoms with E-state index < -0.39 is 11.8 Å². The number of urea groups is 1. The normalized spacial score (nSPS) is 16.8. The lowest BCUT2D eigenvalue weighted by molar-refractivity contribution is -0.131. The van der Waals surface area contributed by atoms with Gasteiger partial charge < -0.3 is 20.4 Å². The van der Waals surface area contributed by atoms with Gasteiger partial charge in [-0.15, -0.1) is 0 Å². The van der Waals surface area contributed by atoms with Crippen molar-refractivity contribution in [2.45, 2.75) is 38.5 Å². The molecule has 2 N–H and O–H groups in total. The standard InChI is InChI=1S/C25H31FN4O2/c26-22-7-3-4-8-23(22)28-25(32)27-20-10-12-21(13-11-20)29-15-17-30(18-16-29)24(31)14-9-19-5-1-2-6-19/h3-4,7-8,10-13,19H,1-2,5-6,9,14-18H2,(H2,27,28,32). The Hall–Kier alpha value is -3.09. The van der Waals surface area contributed by atoms with Crippen molar-refractivity contribution >= 4 is 29.0 Å². The maximum atomic E-state index is 13.7. The summed E-state index contributed by atoms with van der Waals surface area (Å²) in [5.74, 6) is 0.562. The van der Waals surface area contributed by atoms with Crippen LogP contribution in [0.3, 0.4) is 0 Å². The third kappa shape index (κ3) is 5.78. The van der Waals surface area contributed by atoms with Crippen LogP contribution in [0, 0.1) is 11.7 Å². The summed E-state index contributed by atoms with van der Waals surface area (Å²) in [5, 5.41) is 5.23. The Morgan fingerprint density at radius 1 is 0.906 bits per heavy atom. The number of rotatable bonds is 6. The zero-order chi connectivity index (χ0) is 22.3. The highest BCUT2D eigenvalue weighted by Gasteiger charge is 2.23. The van der Waals surface area contributed by atoms with Gasteiger partial charge in [-0.1, -0.05) is 37.8 Å². The van der Waals surface area contributed by atoms with Gasteiger partial charge in [-0.3, -0.25) is 4.79 Å². The third-order valence-electron chi connectivity index (χ3n) is 6.49. The predicted molar refractivity (Wildman–Crippen MR) is 125 cm³/mol. The largest absolute Gasteiger partial charge is 0.368 e. The fraction of sp³-hybridized carbons (Fsp3) is 0.440. The van der Waals surface area contributed by atoms with Gasteiger partial charge in [0.15, 0.2) is 0 Å². The number of halogens is 1. The Morgan fingerprint density at radius 3 is 2.28 bits per heavy atom. The minimum atomic E-state index is -0.493.